The summed E-state index contributed by atoms with van der Waals surface area (Å²) in [4.78, 5) is 9.64. The van der Waals surface area contributed by atoms with Gasteiger partial charge in [-0.3, -0.25) is 10.1 Å². The fourth-order valence-electron chi connectivity index (χ4n) is 0.951. The molecule has 1 unspecified atom stereocenters. The SMILES string of the molecule is Cc1cc([N+](=O)[O-])cc(S(=O)O)c1Cl. The number of non-ortho nitro benzene ring substituents is 1. The van der Waals surface area contributed by atoms with Crippen molar-refractivity contribution in [1.29, 1.82) is 0 Å². The summed E-state index contributed by atoms with van der Waals surface area (Å²) in [6.45, 7) is 1.53. The van der Waals surface area contributed by atoms with E-state index in [-0.39, 0.29) is 15.6 Å². The summed E-state index contributed by atoms with van der Waals surface area (Å²) >= 11 is 3.38. The number of hydrogen-bond acceptors (Lipinski definition) is 3. The average Bonchev–Trinajstić information content (AvgIpc) is 2.08. The molecule has 0 aliphatic heterocycles. The van der Waals surface area contributed by atoms with E-state index in [0.29, 0.717) is 5.56 Å². The number of aryl methyl sites for hydroxylation is 1. The summed E-state index contributed by atoms with van der Waals surface area (Å²) in [5.74, 6) is 0. The normalized spacial score (nSPS) is 12.5. The average molecular weight is 236 g/mol. The summed E-state index contributed by atoms with van der Waals surface area (Å²) in [5, 5.41) is 10.5. The predicted octanol–water partition coefficient (Wildman–Crippen LogP) is 2.14. The van der Waals surface area contributed by atoms with Crippen LogP contribution in [0.1, 0.15) is 5.56 Å². The second kappa shape index (κ2) is 4.04. The molecule has 0 heterocycles. The Morgan fingerprint density at radius 1 is 1.57 bits per heavy atom. The van der Waals surface area contributed by atoms with Crippen molar-refractivity contribution in [3.8, 4) is 0 Å². The van der Waals surface area contributed by atoms with Crippen molar-refractivity contribution in [3.63, 3.8) is 0 Å². The first-order valence-corrected chi connectivity index (χ1v) is 4.97. The number of hydrogen-bond donors (Lipinski definition) is 1. The van der Waals surface area contributed by atoms with Crippen molar-refractivity contribution in [2.45, 2.75) is 11.8 Å². The number of nitro groups is 1. The highest BCUT2D eigenvalue weighted by atomic mass is 35.5. The van der Waals surface area contributed by atoms with E-state index in [1.54, 1.807) is 0 Å². The maximum Gasteiger partial charge on any atom is 0.271 e. The molecule has 1 aromatic carbocycles. The summed E-state index contributed by atoms with van der Waals surface area (Å²) in [7, 11) is 0. The van der Waals surface area contributed by atoms with E-state index >= 15 is 0 Å². The van der Waals surface area contributed by atoms with Crippen LogP contribution in [0, 0.1) is 17.0 Å². The Labute approximate surface area is 87.1 Å². The summed E-state index contributed by atoms with van der Waals surface area (Å²) in [5.41, 5.74) is 0.155. The molecular formula is C7H6ClNO4S. The van der Waals surface area contributed by atoms with E-state index in [4.69, 9.17) is 16.2 Å². The number of nitro benzene ring substituents is 1. The first kappa shape index (κ1) is 11.1. The second-order valence-electron chi connectivity index (χ2n) is 2.58. The quantitative estimate of drug-likeness (QED) is 0.484. The van der Waals surface area contributed by atoms with Gasteiger partial charge in [-0.25, -0.2) is 4.21 Å². The molecular weight excluding hydrogens is 230 g/mol. The fourth-order valence-corrected chi connectivity index (χ4v) is 1.79. The third-order valence-corrected chi connectivity index (χ3v) is 2.92. The lowest BCUT2D eigenvalue weighted by Gasteiger charge is -2.02. The van der Waals surface area contributed by atoms with E-state index in [1.807, 2.05) is 0 Å². The van der Waals surface area contributed by atoms with Crippen molar-refractivity contribution in [2.75, 3.05) is 0 Å². The van der Waals surface area contributed by atoms with Gasteiger partial charge < -0.3 is 4.55 Å². The third-order valence-electron chi connectivity index (χ3n) is 1.60. The van der Waals surface area contributed by atoms with Crippen LogP contribution in [-0.2, 0) is 11.1 Å². The summed E-state index contributed by atoms with van der Waals surface area (Å²) in [6, 6.07) is 2.24. The Bertz CT molecular complexity index is 420. The van der Waals surface area contributed by atoms with Gasteiger partial charge in [-0.05, 0) is 12.5 Å². The van der Waals surface area contributed by atoms with Crippen molar-refractivity contribution < 1.29 is 13.7 Å². The molecule has 7 heteroatoms. The molecule has 0 amide bonds. The molecule has 0 bridgehead atoms. The minimum Gasteiger partial charge on any atom is -0.302 e. The minimum absolute atomic E-state index is 0.0800. The molecule has 0 radical (unpaired) electrons. The molecule has 0 aliphatic carbocycles. The van der Waals surface area contributed by atoms with Gasteiger partial charge in [-0.15, -0.1) is 0 Å². The van der Waals surface area contributed by atoms with Gasteiger partial charge in [0.2, 0.25) is 0 Å². The van der Waals surface area contributed by atoms with E-state index in [0.717, 1.165) is 6.07 Å². The van der Waals surface area contributed by atoms with Crippen LogP contribution in [0.25, 0.3) is 0 Å². The third kappa shape index (κ3) is 2.09. The van der Waals surface area contributed by atoms with Crippen molar-refractivity contribution >= 4 is 28.4 Å². The largest absolute Gasteiger partial charge is 0.302 e. The molecule has 0 saturated carbocycles. The predicted molar refractivity (Wildman–Crippen MR) is 51.9 cm³/mol. The van der Waals surface area contributed by atoms with Crippen LogP contribution in [0.2, 0.25) is 5.02 Å². The smallest absolute Gasteiger partial charge is 0.271 e. The first-order valence-electron chi connectivity index (χ1n) is 3.49. The minimum atomic E-state index is -2.31. The number of halogens is 1. The van der Waals surface area contributed by atoms with E-state index in [9.17, 15) is 14.3 Å². The van der Waals surface area contributed by atoms with Crippen LogP contribution < -0.4 is 0 Å². The lowest BCUT2D eigenvalue weighted by atomic mass is 10.2. The molecule has 0 aliphatic rings. The van der Waals surface area contributed by atoms with Crippen LogP contribution >= 0.6 is 11.6 Å². The van der Waals surface area contributed by atoms with Crippen molar-refractivity contribution in [2.24, 2.45) is 0 Å². The molecule has 0 saturated heterocycles. The van der Waals surface area contributed by atoms with E-state index in [1.165, 1.54) is 13.0 Å². The Balaban J connectivity index is 3.43. The number of nitrogens with zero attached hydrogens (tertiary/aromatic N) is 1. The molecule has 0 fully saturated rings. The molecule has 1 atom stereocenters. The van der Waals surface area contributed by atoms with Gasteiger partial charge in [-0.1, -0.05) is 11.6 Å². The number of benzene rings is 1. The lowest BCUT2D eigenvalue weighted by molar-refractivity contribution is -0.385. The van der Waals surface area contributed by atoms with Crippen LogP contribution in [0.5, 0.6) is 0 Å². The zero-order valence-electron chi connectivity index (χ0n) is 7.06. The van der Waals surface area contributed by atoms with Gasteiger partial charge in [-0.2, -0.15) is 0 Å². The van der Waals surface area contributed by atoms with E-state index in [2.05, 4.69) is 0 Å². The highest BCUT2D eigenvalue weighted by Crippen LogP contribution is 2.28. The molecule has 14 heavy (non-hydrogen) atoms. The van der Waals surface area contributed by atoms with Crippen molar-refractivity contribution in [3.05, 3.63) is 32.8 Å². The highest BCUT2D eigenvalue weighted by Gasteiger charge is 2.16. The molecule has 0 aromatic heterocycles. The van der Waals surface area contributed by atoms with Gasteiger partial charge in [0.15, 0.2) is 11.1 Å². The zero-order chi connectivity index (χ0) is 10.9. The van der Waals surface area contributed by atoms with Gasteiger partial charge in [0.25, 0.3) is 5.69 Å². The van der Waals surface area contributed by atoms with Gasteiger partial charge in [0, 0.05) is 12.1 Å². The first-order chi connectivity index (χ1) is 6.43. The molecule has 5 nitrogen and oxygen atoms in total. The summed E-state index contributed by atoms with van der Waals surface area (Å²) < 4.78 is 19.6. The Morgan fingerprint density at radius 2 is 2.14 bits per heavy atom. The topological polar surface area (TPSA) is 80.4 Å². The fraction of sp³-hybridized carbons (Fsp3) is 0.143. The summed E-state index contributed by atoms with van der Waals surface area (Å²) in [6.07, 6.45) is 0. The van der Waals surface area contributed by atoms with Gasteiger partial charge in [0.05, 0.1) is 14.8 Å². The Morgan fingerprint density at radius 3 is 2.57 bits per heavy atom. The van der Waals surface area contributed by atoms with Crippen LogP contribution in [-0.4, -0.2) is 13.7 Å². The van der Waals surface area contributed by atoms with Crippen LogP contribution in [0.3, 0.4) is 0 Å². The monoisotopic (exact) mass is 235 g/mol. The molecule has 1 aromatic rings. The van der Waals surface area contributed by atoms with Gasteiger partial charge >= 0.3 is 0 Å². The second-order valence-corrected chi connectivity index (χ2v) is 3.90. The lowest BCUT2D eigenvalue weighted by Crippen LogP contribution is -1.96. The Kier molecular flexibility index (Phi) is 3.20. The van der Waals surface area contributed by atoms with Crippen LogP contribution in [0.15, 0.2) is 17.0 Å². The zero-order valence-corrected chi connectivity index (χ0v) is 8.63. The van der Waals surface area contributed by atoms with Crippen LogP contribution in [0.4, 0.5) is 5.69 Å². The molecule has 76 valence electrons. The highest BCUT2D eigenvalue weighted by molar-refractivity contribution is 7.79. The van der Waals surface area contributed by atoms with E-state index < -0.39 is 16.0 Å². The van der Waals surface area contributed by atoms with Crippen molar-refractivity contribution in [1.82, 2.24) is 0 Å². The standard InChI is InChI=1S/C7H6ClNO4S/c1-4-2-5(9(10)11)3-6(7(4)8)14(12)13/h2-3H,1H3,(H,12,13). The van der Waals surface area contributed by atoms with Gasteiger partial charge in [0.1, 0.15) is 0 Å². The molecule has 1 N–H and O–H groups in total. The molecule has 1 rings (SSSR count). The maximum atomic E-state index is 10.8. The number of rotatable bonds is 2. The molecule has 0 spiro atoms. The maximum absolute atomic E-state index is 10.8. The Hall–Kier alpha value is -0.980.